The molecule has 1 aromatic carbocycles. The molecule has 1 fully saturated rings. The average Bonchev–Trinajstić information content (AvgIpc) is 2.39. The van der Waals surface area contributed by atoms with Gasteiger partial charge in [-0.15, -0.1) is 0 Å². The van der Waals surface area contributed by atoms with Gasteiger partial charge >= 0.3 is 5.97 Å². The normalized spacial score (nSPS) is 16.7. The van der Waals surface area contributed by atoms with Crippen LogP contribution < -0.4 is 4.90 Å². The molecular formula is C15H21ClN2O2. The molecule has 0 spiro atoms. The van der Waals surface area contributed by atoms with Crippen molar-refractivity contribution in [1.29, 1.82) is 0 Å². The van der Waals surface area contributed by atoms with Gasteiger partial charge in [-0.25, -0.2) is 4.79 Å². The largest absolute Gasteiger partial charge is 0.478 e. The summed E-state index contributed by atoms with van der Waals surface area (Å²) in [5, 5.41) is 9.76. The van der Waals surface area contributed by atoms with E-state index in [0.29, 0.717) is 10.9 Å². The van der Waals surface area contributed by atoms with Crippen molar-refractivity contribution in [3.63, 3.8) is 0 Å². The molecule has 4 nitrogen and oxygen atoms in total. The zero-order chi connectivity index (χ0) is 14.7. The number of benzene rings is 1. The summed E-state index contributed by atoms with van der Waals surface area (Å²) in [5.74, 6) is -0.265. The molecule has 5 heteroatoms. The van der Waals surface area contributed by atoms with Gasteiger partial charge in [0, 0.05) is 37.7 Å². The van der Waals surface area contributed by atoms with Gasteiger partial charge in [-0.05, 0) is 24.1 Å². The third-order valence-corrected chi connectivity index (χ3v) is 3.76. The second-order valence-corrected chi connectivity index (χ2v) is 6.08. The number of halogens is 1. The smallest absolute Gasteiger partial charge is 0.337 e. The highest BCUT2D eigenvalue weighted by Crippen LogP contribution is 2.25. The Morgan fingerprint density at radius 3 is 2.50 bits per heavy atom. The van der Waals surface area contributed by atoms with E-state index in [0.717, 1.165) is 38.4 Å². The van der Waals surface area contributed by atoms with E-state index in [1.54, 1.807) is 6.07 Å². The average molecular weight is 297 g/mol. The number of aromatic carboxylic acids is 1. The van der Waals surface area contributed by atoms with E-state index in [2.05, 4.69) is 23.6 Å². The van der Waals surface area contributed by atoms with Crippen LogP contribution >= 0.6 is 11.6 Å². The molecule has 1 saturated heterocycles. The number of carboxylic acids is 1. The molecule has 110 valence electrons. The fourth-order valence-electron chi connectivity index (χ4n) is 2.64. The van der Waals surface area contributed by atoms with E-state index >= 15 is 0 Å². The third-order valence-electron chi connectivity index (χ3n) is 3.53. The van der Waals surface area contributed by atoms with Crippen molar-refractivity contribution in [3.8, 4) is 0 Å². The highest BCUT2D eigenvalue weighted by atomic mass is 35.5. The number of hydrogen-bond donors (Lipinski definition) is 1. The molecule has 0 radical (unpaired) electrons. The summed E-state index contributed by atoms with van der Waals surface area (Å²) in [6, 6.07) is 5.09. The summed E-state index contributed by atoms with van der Waals surface area (Å²) < 4.78 is 0. The summed E-state index contributed by atoms with van der Waals surface area (Å²) >= 11 is 5.89. The van der Waals surface area contributed by atoms with Crippen molar-refractivity contribution in [1.82, 2.24) is 4.90 Å². The van der Waals surface area contributed by atoms with Crippen LogP contribution in [-0.2, 0) is 0 Å². The molecule has 0 atom stereocenters. The van der Waals surface area contributed by atoms with Crippen molar-refractivity contribution < 1.29 is 9.90 Å². The predicted molar refractivity (Wildman–Crippen MR) is 81.9 cm³/mol. The Morgan fingerprint density at radius 1 is 1.30 bits per heavy atom. The summed E-state index contributed by atoms with van der Waals surface area (Å²) in [6.07, 6.45) is 0. The van der Waals surface area contributed by atoms with Crippen LogP contribution in [-0.4, -0.2) is 48.7 Å². The maximum absolute atomic E-state index is 11.3. The molecule has 0 bridgehead atoms. The second kappa shape index (κ2) is 6.46. The first-order valence-corrected chi connectivity index (χ1v) is 7.35. The molecule has 0 saturated carbocycles. The van der Waals surface area contributed by atoms with Crippen LogP contribution in [0.3, 0.4) is 0 Å². The Kier molecular flexibility index (Phi) is 4.89. The Hall–Kier alpha value is -1.26. The lowest BCUT2D eigenvalue weighted by atomic mass is 10.1. The van der Waals surface area contributed by atoms with E-state index in [1.165, 1.54) is 6.07 Å². The van der Waals surface area contributed by atoms with Crippen molar-refractivity contribution in [3.05, 3.63) is 28.8 Å². The summed E-state index contributed by atoms with van der Waals surface area (Å²) in [7, 11) is 0. The standard InChI is InChI=1S/C15H21ClN2O2/c1-11(2)10-17-5-7-18(8-6-17)14-4-3-12(16)9-13(14)15(19)20/h3-4,9,11H,5-8,10H2,1-2H3,(H,19,20). The number of piperazine rings is 1. The van der Waals surface area contributed by atoms with Crippen LogP contribution in [0.1, 0.15) is 24.2 Å². The Morgan fingerprint density at radius 2 is 1.95 bits per heavy atom. The second-order valence-electron chi connectivity index (χ2n) is 5.65. The SMILES string of the molecule is CC(C)CN1CCN(c2ccc(Cl)cc2C(=O)O)CC1. The highest BCUT2D eigenvalue weighted by molar-refractivity contribution is 6.31. The van der Waals surface area contributed by atoms with Crippen LogP contribution in [0.5, 0.6) is 0 Å². The van der Waals surface area contributed by atoms with Gasteiger partial charge in [-0.1, -0.05) is 25.4 Å². The highest BCUT2D eigenvalue weighted by Gasteiger charge is 2.21. The molecular weight excluding hydrogens is 276 g/mol. The lowest BCUT2D eigenvalue weighted by molar-refractivity contribution is 0.0697. The first-order valence-electron chi connectivity index (χ1n) is 6.97. The zero-order valence-corrected chi connectivity index (χ0v) is 12.7. The minimum absolute atomic E-state index is 0.287. The minimum atomic E-state index is -0.924. The Labute approximate surface area is 124 Å². The van der Waals surface area contributed by atoms with Crippen molar-refractivity contribution in [2.75, 3.05) is 37.6 Å². The maximum Gasteiger partial charge on any atom is 0.337 e. The summed E-state index contributed by atoms with van der Waals surface area (Å²) in [6.45, 7) is 9.19. The molecule has 0 aliphatic carbocycles. The first kappa shape index (κ1) is 15.1. The van der Waals surface area contributed by atoms with Gasteiger partial charge in [0.2, 0.25) is 0 Å². The number of hydrogen-bond acceptors (Lipinski definition) is 3. The van der Waals surface area contributed by atoms with E-state index in [-0.39, 0.29) is 5.56 Å². The van der Waals surface area contributed by atoms with Gasteiger partial charge in [0.1, 0.15) is 0 Å². The monoisotopic (exact) mass is 296 g/mol. The maximum atomic E-state index is 11.3. The Bertz CT molecular complexity index is 483. The van der Waals surface area contributed by atoms with E-state index in [9.17, 15) is 9.90 Å². The van der Waals surface area contributed by atoms with Crippen LogP contribution in [0.2, 0.25) is 5.02 Å². The van der Waals surface area contributed by atoms with Crippen LogP contribution in [0.25, 0.3) is 0 Å². The first-order chi connectivity index (χ1) is 9.47. The van der Waals surface area contributed by atoms with E-state index in [4.69, 9.17) is 11.6 Å². The minimum Gasteiger partial charge on any atom is -0.478 e. The van der Waals surface area contributed by atoms with Crippen molar-refractivity contribution in [2.45, 2.75) is 13.8 Å². The number of rotatable bonds is 4. The van der Waals surface area contributed by atoms with Crippen LogP contribution in [0, 0.1) is 5.92 Å². The topological polar surface area (TPSA) is 43.8 Å². The third kappa shape index (κ3) is 3.64. The fraction of sp³-hybridized carbons (Fsp3) is 0.533. The van der Waals surface area contributed by atoms with Crippen molar-refractivity contribution >= 4 is 23.3 Å². The molecule has 1 aliphatic rings. The molecule has 1 aromatic rings. The van der Waals surface area contributed by atoms with Gasteiger partial charge < -0.3 is 10.0 Å². The fourth-order valence-corrected chi connectivity index (χ4v) is 2.82. The van der Waals surface area contributed by atoms with Crippen molar-refractivity contribution in [2.24, 2.45) is 5.92 Å². The van der Waals surface area contributed by atoms with Gasteiger partial charge in [-0.2, -0.15) is 0 Å². The molecule has 0 aromatic heterocycles. The predicted octanol–water partition coefficient (Wildman–Crippen LogP) is 2.82. The number of carboxylic acid groups (broad SMARTS) is 1. The van der Waals surface area contributed by atoms with E-state index < -0.39 is 5.97 Å². The van der Waals surface area contributed by atoms with Crippen LogP contribution in [0.4, 0.5) is 5.69 Å². The molecule has 0 amide bonds. The molecule has 2 rings (SSSR count). The van der Waals surface area contributed by atoms with E-state index in [1.807, 2.05) is 6.07 Å². The Balaban J connectivity index is 2.09. The number of carbonyl (C=O) groups is 1. The van der Waals surface area contributed by atoms with Gasteiger partial charge in [0.15, 0.2) is 0 Å². The lowest BCUT2D eigenvalue weighted by Gasteiger charge is -2.37. The van der Waals surface area contributed by atoms with Gasteiger partial charge in [-0.3, -0.25) is 4.90 Å². The number of anilines is 1. The molecule has 20 heavy (non-hydrogen) atoms. The summed E-state index contributed by atoms with van der Waals surface area (Å²) in [4.78, 5) is 15.9. The molecule has 0 unspecified atom stereocenters. The van der Waals surface area contributed by atoms with Gasteiger partial charge in [0.25, 0.3) is 0 Å². The van der Waals surface area contributed by atoms with Gasteiger partial charge in [0.05, 0.1) is 11.3 Å². The zero-order valence-electron chi connectivity index (χ0n) is 12.0. The number of nitrogens with zero attached hydrogens (tertiary/aromatic N) is 2. The lowest BCUT2D eigenvalue weighted by Crippen LogP contribution is -2.47. The molecule has 1 N–H and O–H groups in total. The molecule has 1 heterocycles. The summed E-state index contributed by atoms with van der Waals surface area (Å²) in [5.41, 5.74) is 1.06. The van der Waals surface area contributed by atoms with Crippen LogP contribution in [0.15, 0.2) is 18.2 Å². The molecule has 1 aliphatic heterocycles. The quantitative estimate of drug-likeness (QED) is 0.928.